The van der Waals surface area contributed by atoms with Crippen LogP contribution in [0.2, 0.25) is 0 Å². The Morgan fingerprint density at radius 3 is 2.20 bits per heavy atom. The van der Waals surface area contributed by atoms with E-state index in [9.17, 15) is 18.0 Å². The molecule has 7 nitrogen and oxygen atoms in total. The van der Waals surface area contributed by atoms with Crippen molar-refractivity contribution in [1.82, 2.24) is 4.31 Å². The summed E-state index contributed by atoms with van der Waals surface area (Å²) in [6.45, 7) is 8.57. The number of ether oxygens (including phenoxy) is 1. The third kappa shape index (κ3) is 5.68. The number of carbonyl (C=O) groups is 2. The normalized spacial score (nSPS) is 11.5. The van der Waals surface area contributed by atoms with Crippen molar-refractivity contribution in [3.63, 3.8) is 0 Å². The summed E-state index contributed by atoms with van der Waals surface area (Å²) in [4.78, 5) is 25.1. The predicted molar refractivity (Wildman–Crippen MR) is 119 cm³/mol. The molecule has 0 aliphatic rings. The Hall–Kier alpha value is -2.23. The Balaban J connectivity index is 2.16. The number of anilines is 1. The van der Waals surface area contributed by atoms with Crippen LogP contribution >= 0.6 is 11.3 Å². The first-order valence-electron chi connectivity index (χ1n) is 9.93. The summed E-state index contributed by atoms with van der Waals surface area (Å²) >= 11 is 1.14. The molecule has 0 atom stereocenters. The minimum atomic E-state index is -3.59. The number of nitrogens with zero attached hydrogens (tertiary/aromatic N) is 1. The number of esters is 1. The molecule has 1 N–H and O–H groups in total. The van der Waals surface area contributed by atoms with Crippen LogP contribution in [0.5, 0.6) is 0 Å². The number of benzene rings is 1. The van der Waals surface area contributed by atoms with Gasteiger partial charge in [-0.05, 0) is 62.6 Å². The number of thiophene rings is 1. The van der Waals surface area contributed by atoms with Crippen molar-refractivity contribution < 1.29 is 22.7 Å². The Morgan fingerprint density at radius 1 is 1.07 bits per heavy atom. The highest BCUT2D eigenvalue weighted by Gasteiger charge is 2.23. The van der Waals surface area contributed by atoms with E-state index in [4.69, 9.17) is 4.74 Å². The molecule has 2 aromatic rings. The van der Waals surface area contributed by atoms with E-state index in [2.05, 4.69) is 5.32 Å². The second-order valence-electron chi connectivity index (χ2n) is 6.73. The second kappa shape index (κ2) is 10.7. The predicted octanol–water partition coefficient (Wildman–Crippen LogP) is 4.30. The van der Waals surface area contributed by atoms with Gasteiger partial charge in [0.05, 0.1) is 16.5 Å². The molecule has 0 aliphatic carbocycles. The van der Waals surface area contributed by atoms with Crippen molar-refractivity contribution >= 4 is 38.2 Å². The quantitative estimate of drug-likeness (QED) is 0.543. The average molecular weight is 453 g/mol. The lowest BCUT2D eigenvalue weighted by Gasteiger charge is -2.21. The molecule has 0 fully saturated rings. The Morgan fingerprint density at radius 2 is 1.67 bits per heavy atom. The first-order chi connectivity index (χ1) is 14.2. The van der Waals surface area contributed by atoms with E-state index in [1.807, 2.05) is 13.8 Å². The molecule has 0 radical (unpaired) electrons. The highest BCUT2D eigenvalue weighted by atomic mass is 32.2. The van der Waals surface area contributed by atoms with Gasteiger partial charge in [-0.2, -0.15) is 4.31 Å². The maximum Gasteiger partial charge on any atom is 0.348 e. The molecule has 0 spiro atoms. The molecule has 0 aliphatic heterocycles. The minimum absolute atomic E-state index is 0.164. The van der Waals surface area contributed by atoms with Gasteiger partial charge in [0, 0.05) is 18.7 Å². The fourth-order valence-corrected chi connectivity index (χ4v) is 5.49. The summed E-state index contributed by atoms with van der Waals surface area (Å²) < 4.78 is 32.1. The van der Waals surface area contributed by atoms with E-state index >= 15 is 0 Å². The van der Waals surface area contributed by atoms with Gasteiger partial charge >= 0.3 is 5.97 Å². The zero-order valence-electron chi connectivity index (χ0n) is 17.7. The van der Waals surface area contributed by atoms with E-state index in [0.29, 0.717) is 28.5 Å². The van der Waals surface area contributed by atoms with Gasteiger partial charge in [0.2, 0.25) is 10.0 Å². The van der Waals surface area contributed by atoms with E-state index < -0.39 is 16.0 Å². The summed E-state index contributed by atoms with van der Waals surface area (Å²) in [6.07, 6.45) is 1.46. The highest BCUT2D eigenvalue weighted by Crippen LogP contribution is 2.28. The molecule has 0 saturated heterocycles. The summed E-state index contributed by atoms with van der Waals surface area (Å²) in [5.74, 6) is -0.798. The fraction of sp³-hybridized carbons (Fsp3) is 0.429. The number of amides is 1. The standard InChI is InChI=1S/C21H28N2O5S2/c1-5-12-23(13-6-2)30(26,27)17-10-8-16(9-11-17)20(24)22-18-14-15(4)19(29-18)21(25)28-7-3/h8-11,14H,5-7,12-13H2,1-4H3,(H,22,24). The Labute approximate surface area is 182 Å². The fourth-order valence-electron chi connectivity index (χ4n) is 2.91. The summed E-state index contributed by atoms with van der Waals surface area (Å²) in [5.41, 5.74) is 1.05. The van der Waals surface area contributed by atoms with E-state index in [1.165, 1.54) is 28.6 Å². The molecule has 164 valence electrons. The van der Waals surface area contributed by atoms with Crippen LogP contribution in [-0.4, -0.2) is 44.3 Å². The summed E-state index contributed by atoms with van der Waals surface area (Å²) in [7, 11) is -3.59. The van der Waals surface area contributed by atoms with E-state index in [1.54, 1.807) is 19.9 Å². The van der Waals surface area contributed by atoms with Gasteiger partial charge in [-0.15, -0.1) is 11.3 Å². The monoisotopic (exact) mass is 452 g/mol. The van der Waals surface area contributed by atoms with Gasteiger partial charge in [-0.3, -0.25) is 4.79 Å². The molecule has 30 heavy (non-hydrogen) atoms. The molecular formula is C21H28N2O5S2. The van der Waals surface area contributed by atoms with Gasteiger partial charge in [0.25, 0.3) is 5.91 Å². The molecule has 9 heteroatoms. The van der Waals surface area contributed by atoms with Crippen LogP contribution in [0, 0.1) is 6.92 Å². The maximum absolute atomic E-state index is 12.8. The third-order valence-electron chi connectivity index (χ3n) is 4.32. The number of carbonyl (C=O) groups excluding carboxylic acids is 2. The molecule has 1 amide bonds. The van der Waals surface area contributed by atoms with Gasteiger partial charge in [0.15, 0.2) is 0 Å². The number of aryl methyl sites for hydroxylation is 1. The zero-order chi connectivity index (χ0) is 22.3. The number of nitrogens with one attached hydrogen (secondary N) is 1. The van der Waals surface area contributed by atoms with Crippen LogP contribution in [-0.2, 0) is 14.8 Å². The highest BCUT2D eigenvalue weighted by molar-refractivity contribution is 7.89. The lowest BCUT2D eigenvalue weighted by Crippen LogP contribution is -2.32. The van der Waals surface area contributed by atoms with E-state index in [0.717, 1.165) is 29.7 Å². The summed E-state index contributed by atoms with van der Waals surface area (Å²) in [6, 6.07) is 7.59. The lowest BCUT2D eigenvalue weighted by atomic mass is 10.2. The molecule has 0 bridgehead atoms. The van der Waals surface area contributed by atoms with Crippen LogP contribution in [0.1, 0.15) is 59.2 Å². The average Bonchev–Trinajstić information content (AvgIpc) is 3.08. The maximum atomic E-state index is 12.8. The van der Waals surface area contributed by atoms with Gasteiger partial charge in [0.1, 0.15) is 4.88 Å². The van der Waals surface area contributed by atoms with Crippen molar-refractivity contribution in [2.75, 3.05) is 25.0 Å². The van der Waals surface area contributed by atoms with Crippen LogP contribution < -0.4 is 5.32 Å². The number of hydrogen-bond donors (Lipinski definition) is 1. The SMILES string of the molecule is CCCN(CCC)S(=O)(=O)c1ccc(C(=O)Nc2cc(C)c(C(=O)OCC)s2)cc1. The molecule has 0 saturated carbocycles. The lowest BCUT2D eigenvalue weighted by molar-refractivity contribution is 0.0531. The third-order valence-corrected chi connectivity index (χ3v) is 7.36. The first kappa shape index (κ1) is 24.0. The van der Waals surface area contributed by atoms with Gasteiger partial charge in [-0.1, -0.05) is 13.8 Å². The van der Waals surface area contributed by atoms with Crippen molar-refractivity contribution in [1.29, 1.82) is 0 Å². The Kier molecular flexibility index (Phi) is 8.57. The van der Waals surface area contributed by atoms with Crippen LogP contribution in [0.4, 0.5) is 5.00 Å². The molecule has 1 heterocycles. The molecule has 1 aromatic carbocycles. The van der Waals surface area contributed by atoms with Crippen molar-refractivity contribution in [3.8, 4) is 0 Å². The molecule has 2 rings (SSSR count). The number of hydrogen-bond acceptors (Lipinski definition) is 6. The smallest absolute Gasteiger partial charge is 0.348 e. The van der Waals surface area contributed by atoms with Crippen LogP contribution in [0.15, 0.2) is 35.2 Å². The topological polar surface area (TPSA) is 92.8 Å². The number of sulfonamides is 1. The molecule has 0 unspecified atom stereocenters. The minimum Gasteiger partial charge on any atom is -0.462 e. The van der Waals surface area contributed by atoms with Crippen molar-refractivity contribution in [3.05, 3.63) is 46.3 Å². The molecule has 1 aromatic heterocycles. The Bertz CT molecular complexity index is 975. The van der Waals surface area contributed by atoms with Gasteiger partial charge in [-0.25, -0.2) is 13.2 Å². The van der Waals surface area contributed by atoms with Crippen LogP contribution in [0.3, 0.4) is 0 Å². The van der Waals surface area contributed by atoms with Crippen LogP contribution in [0.25, 0.3) is 0 Å². The van der Waals surface area contributed by atoms with Gasteiger partial charge < -0.3 is 10.1 Å². The van der Waals surface area contributed by atoms with Crippen molar-refractivity contribution in [2.24, 2.45) is 0 Å². The largest absolute Gasteiger partial charge is 0.462 e. The molecular weight excluding hydrogens is 424 g/mol. The number of rotatable bonds is 10. The van der Waals surface area contributed by atoms with E-state index in [-0.39, 0.29) is 17.4 Å². The first-order valence-corrected chi connectivity index (χ1v) is 12.2. The summed E-state index contributed by atoms with van der Waals surface area (Å²) in [5, 5.41) is 3.27. The van der Waals surface area contributed by atoms with Crippen molar-refractivity contribution in [2.45, 2.75) is 45.4 Å². The zero-order valence-corrected chi connectivity index (χ0v) is 19.4. The second-order valence-corrected chi connectivity index (χ2v) is 9.72.